The number of hydrogen-bond acceptors (Lipinski definition) is 6. The van der Waals surface area contributed by atoms with Gasteiger partial charge in [-0.2, -0.15) is 0 Å². The van der Waals surface area contributed by atoms with E-state index in [1.165, 1.54) is 13.2 Å². The number of methoxy groups -OCH3 is 1. The second-order valence-corrected chi connectivity index (χ2v) is 5.34. The molecular formula is C13H17BrN2O5. The highest BCUT2D eigenvalue weighted by Crippen LogP contribution is 2.35. The molecule has 1 aromatic carbocycles. The fourth-order valence-electron chi connectivity index (χ4n) is 1.80. The summed E-state index contributed by atoms with van der Waals surface area (Å²) in [5.74, 6) is -0.422. The molecule has 0 aliphatic heterocycles. The molecule has 0 fully saturated rings. The Morgan fingerprint density at radius 2 is 2.19 bits per heavy atom. The van der Waals surface area contributed by atoms with Gasteiger partial charge in [0.05, 0.1) is 16.5 Å². The van der Waals surface area contributed by atoms with Crippen LogP contribution in [0.2, 0.25) is 0 Å². The smallest absolute Gasteiger partial charge is 0.329 e. The third kappa shape index (κ3) is 4.15. The molecule has 1 unspecified atom stereocenters. The van der Waals surface area contributed by atoms with Crippen LogP contribution in [0.3, 0.4) is 0 Å². The zero-order chi connectivity index (χ0) is 16.0. The van der Waals surface area contributed by atoms with Crippen molar-refractivity contribution in [3.8, 4) is 5.75 Å². The number of hydrogen-bond donors (Lipinski definition) is 1. The average molecular weight is 361 g/mol. The van der Waals surface area contributed by atoms with Crippen LogP contribution in [-0.4, -0.2) is 36.7 Å². The summed E-state index contributed by atoms with van der Waals surface area (Å²) in [6.45, 7) is 3.87. The number of ether oxygens (including phenoxy) is 2. The van der Waals surface area contributed by atoms with Gasteiger partial charge in [-0.05, 0) is 35.5 Å². The number of esters is 1. The summed E-state index contributed by atoms with van der Waals surface area (Å²) in [5, 5.41) is 14.0. The van der Waals surface area contributed by atoms with Crippen LogP contribution < -0.4 is 10.1 Å². The molecular weight excluding hydrogens is 344 g/mol. The van der Waals surface area contributed by atoms with Gasteiger partial charge >= 0.3 is 11.7 Å². The molecule has 0 aliphatic rings. The largest absolute Gasteiger partial charge is 0.483 e. The van der Waals surface area contributed by atoms with Crippen molar-refractivity contribution in [1.82, 2.24) is 5.32 Å². The van der Waals surface area contributed by atoms with Gasteiger partial charge in [0.2, 0.25) is 5.75 Å². The van der Waals surface area contributed by atoms with Gasteiger partial charge in [0.1, 0.15) is 12.1 Å². The Balaban J connectivity index is 3.01. The predicted molar refractivity (Wildman–Crippen MR) is 80.4 cm³/mol. The molecule has 1 N–H and O–H groups in total. The van der Waals surface area contributed by atoms with Crippen molar-refractivity contribution in [3.05, 3.63) is 32.8 Å². The number of halogens is 1. The van der Waals surface area contributed by atoms with Crippen LogP contribution in [0, 0.1) is 10.1 Å². The number of carbonyl (C=O) groups is 1. The Labute approximate surface area is 130 Å². The molecule has 0 heterocycles. The number of nitro benzene ring substituents is 1. The molecule has 1 rings (SSSR count). The van der Waals surface area contributed by atoms with E-state index in [-0.39, 0.29) is 18.0 Å². The molecule has 0 bridgehead atoms. The zero-order valence-electron chi connectivity index (χ0n) is 12.0. The van der Waals surface area contributed by atoms with Crippen LogP contribution in [0.15, 0.2) is 22.7 Å². The number of likely N-dealkylation sites (N-methyl/N-ethyl adjacent to an activating group) is 1. The second-order valence-electron chi connectivity index (χ2n) is 4.49. The van der Waals surface area contributed by atoms with Crippen molar-refractivity contribution >= 4 is 27.6 Å². The van der Waals surface area contributed by atoms with Gasteiger partial charge in [0.15, 0.2) is 0 Å². The van der Waals surface area contributed by atoms with E-state index in [9.17, 15) is 14.9 Å². The molecule has 7 nitrogen and oxygen atoms in total. The van der Waals surface area contributed by atoms with E-state index in [1.807, 2.05) is 6.92 Å². The van der Waals surface area contributed by atoms with E-state index < -0.39 is 16.4 Å². The van der Waals surface area contributed by atoms with Crippen LogP contribution in [0.25, 0.3) is 0 Å². The van der Waals surface area contributed by atoms with E-state index in [0.29, 0.717) is 11.0 Å². The fraction of sp³-hybridized carbons (Fsp3) is 0.462. The maximum absolute atomic E-state index is 11.8. The molecule has 1 atom stereocenters. The first kappa shape index (κ1) is 17.4. The molecule has 0 aromatic heterocycles. The fourth-order valence-corrected chi connectivity index (χ4v) is 2.27. The molecule has 0 saturated carbocycles. The maximum Gasteiger partial charge on any atom is 0.329 e. The van der Waals surface area contributed by atoms with Crippen LogP contribution in [0.1, 0.15) is 13.8 Å². The Kier molecular flexibility index (Phi) is 6.10. The third-order valence-corrected chi connectivity index (χ3v) is 3.48. The highest BCUT2D eigenvalue weighted by atomic mass is 79.9. The number of nitrogens with zero attached hydrogens (tertiary/aromatic N) is 1. The average Bonchev–Trinajstić information content (AvgIpc) is 2.45. The Bertz CT molecular complexity index is 537. The number of benzene rings is 1. The Hall–Kier alpha value is -1.67. The van der Waals surface area contributed by atoms with E-state index in [2.05, 4.69) is 21.2 Å². The number of nitro groups is 1. The van der Waals surface area contributed by atoms with Gasteiger partial charge in [0.25, 0.3) is 0 Å². The van der Waals surface area contributed by atoms with Crippen LogP contribution >= 0.6 is 15.9 Å². The minimum Gasteiger partial charge on any atom is -0.483 e. The molecule has 21 heavy (non-hydrogen) atoms. The summed E-state index contributed by atoms with van der Waals surface area (Å²) in [6, 6.07) is 4.51. The van der Waals surface area contributed by atoms with E-state index in [4.69, 9.17) is 9.47 Å². The van der Waals surface area contributed by atoms with Gasteiger partial charge in [0, 0.05) is 6.07 Å². The van der Waals surface area contributed by atoms with Gasteiger partial charge in [-0.15, -0.1) is 0 Å². The lowest BCUT2D eigenvalue weighted by molar-refractivity contribution is -0.386. The van der Waals surface area contributed by atoms with Crippen LogP contribution in [0.4, 0.5) is 5.69 Å². The third-order valence-electron chi connectivity index (χ3n) is 2.85. The predicted octanol–water partition coefficient (Wildman–Crippen LogP) is 2.28. The van der Waals surface area contributed by atoms with E-state index in [0.717, 1.165) is 0 Å². The standard InChI is InChI=1S/C13H17BrN2O5/c1-4-15-13(2,12(17)20-3)8-21-11-9(14)6-5-7-10(11)16(18)19/h5-7,15H,4,8H2,1-3H3. The Morgan fingerprint density at radius 1 is 1.52 bits per heavy atom. The van der Waals surface area contributed by atoms with Crippen molar-refractivity contribution in [1.29, 1.82) is 0 Å². The lowest BCUT2D eigenvalue weighted by Crippen LogP contribution is -2.54. The summed E-state index contributed by atoms with van der Waals surface area (Å²) in [4.78, 5) is 22.3. The molecule has 1 aromatic rings. The minimum atomic E-state index is -1.09. The zero-order valence-corrected chi connectivity index (χ0v) is 13.6. The molecule has 0 spiro atoms. The van der Waals surface area contributed by atoms with Crippen molar-refractivity contribution in [2.45, 2.75) is 19.4 Å². The first-order chi connectivity index (χ1) is 9.85. The highest BCUT2D eigenvalue weighted by Gasteiger charge is 2.35. The number of nitrogens with one attached hydrogen (secondary N) is 1. The lowest BCUT2D eigenvalue weighted by Gasteiger charge is -2.27. The monoisotopic (exact) mass is 360 g/mol. The molecule has 116 valence electrons. The van der Waals surface area contributed by atoms with Crippen molar-refractivity contribution in [3.63, 3.8) is 0 Å². The second kappa shape index (κ2) is 7.37. The number of carbonyl (C=O) groups excluding carboxylic acids is 1. The molecule has 8 heteroatoms. The van der Waals surface area contributed by atoms with Crippen LogP contribution in [0.5, 0.6) is 5.75 Å². The minimum absolute atomic E-state index is 0.0792. The summed E-state index contributed by atoms with van der Waals surface area (Å²) >= 11 is 3.21. The summed E-state index contributed by atoms with van der Waals surface area (Å²) in [6.07, 6.45) is 0. The molecule has 0 radical (unpaired) electrons. The van der Waals surface area contributed by atoms with E-state index >= 15 is 0 Å². The van der Waals surface area contributed by atoms with Crippen molar-refractivity contribution in [2.75, 3.05) is 20.3 Å². The molecule has 0 amide bonds. The van der Waals surface area contributed by atoms with Gasteiger partial charge < -0.3 is 9.47 Å². The first-order valence-corrected chi connectivity index (χ1v) is 7.04. The Morgan fingerprint density at radius 3 is 2.71 bits per heavy atom. The summed E-state index contributed by atoms with van der Waals surface area (Å²) in [5.41, 5.74) is -1.26. The quantitative estimate of drug-likeness (QED) is 0.455. The van der Waals surface area contributed by atoms with Crippen molar-refractivity contribution in [2.24, 2.45) is 0 Å². The number of rotatable bonds is 7. The summed E-state index contributed by atoms with van der Waals surface area (Å²) < 4.78 is 10.7. The van der Waals surface area contributed by atoms with Gasteiger partial charge in [-0.1, -0.05) is 13.0 Å². The van der Waals surface area contributed by atoms with Crippen molar-refractivity contribution < 1.29 is 19.2 Å². The van der Waals surface area contributed by atoms with Gasteiger partial charge in [-0.3, -0.25) is 15.4 Å². The summed E-state index contributed by atoms with van der Waals surface area (Å²) in [7, 11) is 1.28. The van der Waals surface area contributed by atoms with Gasteiger partial charge in [-0.25, -0.2) is 4.79 Å². The first-order valence-electron chi connectivity index (χ1n) is 6.25. The highest BCUT2D eigenvalue weighted by molar-refractivity contribution is 9.10. The lowest BCUT2D eigenvalue weighted by atomic mass is 10.0. The molecule has 0 aliphatic carbocycles. The topological polar surface area (TPSA) is 90.7 Å². The number of para-hydroxylation sites is 1. The van der Waals surface area contributed by atoms with Crippen LogP contribution in [-0.2, 0) is 9.53 Å². The SMILES string of the molecule is CCNC(C)(COc1c(Br)cccc1[N+](=O)[O-])C(=O)OC. The van der Waals surface area contributed by atoms with E-state index in [1.54, 1.807) is 19.1 Å². The normalized spacial score (nSPS) is 13.3. The molecule has 0 saturated heterocycles. The maximum atomic E-state index is 11.8.